The van der Waals surface area contributed by atoms with Crippen molar-refractivity contribution in [2.45, 2.75) is 38.5 Å². The van der Waals surface area contributed by atoms with E-state index in [0.717, 1.165) is 18.7 Å². The maximum Gasteiger partial charge on any atom is 0.122 e. The van der Waals surface area contributed by atoms with Crippen molar-refractivity contribution in [3.8, 4) is 5.75 Å². The van der Waals surface area contributed by atoms with Crippen LogP contribution in [-0.2, 0) is 19.3 Å². The van der Waals surface area contributed by atoms with Gasteiger partial charge < -0.3 is 10.1 Å². The molecule has 2 nitrogen and oxygen atoms in total. The van der Waals surface area contributed by atoms with E-state index < -0.39 is 0 Å². The van der Waals surface area contributed by atoms with Crippen LogP contribution in [0, 0.1) is 0 Å². The van der Waals surface area contributed by atoms with Crippen LogP contribution in [-0.4, -0.2) is 20.7 Å². The van der Waals surface area contributed by atoms with Crippen molar-refractivity contribution >= 4 is 0 Å². The molecule has 0 saturated heterocycles. The summed E-state index contributed by atoms with van der Waals surface area (Å²) < 4.78 is 5.52. The van der Waals surface area contributed by atoms with Crippen LogP contribution in [0.4, 0.5) is 0 Å². The third-order valence-corrected chi connectivity index (χ3v) is 3.64. The van der Waals surface area contributed by atoms with Gasteiger partial charge in [-0.25, -0.2) is 0 Å². The minimum absolute atomic E-state index is 1.01. The number of nitrogens with one attached hydrogen (secondary N) is 1. The van der Waals surface area contributed by atoms with E-state index in [1.54, 1.807) is 12.7 Å². The van der Waals surface area contributed by atoms with Crippen LogP contribution in [0.1, 0.15) is 36.0 Å². The van der Waals surface area contributed by atoms with Gasteiger partial charge in [-0.2, -0.15) is 0 Å². The third-order valence-electron chi connectivity index (χ3n) is 3.64. The predicted molar refractivity (Wildman–Crippen MR) is 71.9 cm³/mol. The molecule has 1 aliphatic carbocycles. The Morgan fingerprint density at radius 2 is 1.82 bits per heavy atom. The number of hydrogen-bond donors (Lipinski definition) is 1. The van der Waals surface area contributed by atoms with Gasteiger partial charge in [0.25, 0.3) is 0 Å². The normalized spacial score (nSPS) is 15.2. The predicted octanol–water partition coefficient (Wildman–Crippen LogP) is 2.73. The van der Waals surface area contributed by atoms with E-state index in [1.807, 2.05) is 7.05 Å². The van der Waals surface area contributed by atoms with E-state index >= 15 is 0 Å². The molecule has 1 aromatic rings. The standard InChI is InChI=1S/C15H23NO/c1-16-9-8-14-10-12-6-4-3-5-7-13(12)11-15(14)17-2/h10-11,16H,3-9H2,1-2H3. The minimum atomic E-state index is 1.01. The van der Waals surface area contributed by atoms with Crippen LogP contribution in [0.15, 0.2) is 12.1 Å². The molecule has 0 unspecified atom stereocenters. The van der Waals surface area contributed by atoms with Gasteiger partial charge in [0, 0.05) is 0 Å². The quantitative estimate of drug-likeness (QED) is 0.807. The summed E-state index contributed by atoms with van der Waals surface area (Å²) in [4.78, 5) is 0. The Balaban J connectivity index is 2.28. The van der Waals surface area contributed by atoms with Crippen molar-refractivity contribution in [3.05, 3.63) is 28.8 Å². The van der Waals surface area contributed by atoms with Gasteiger partial charge in [-0.15, -0.1) is 0 Å². The van der Waals surface area contributed by atoms with Crippen LogP contribution in [0.3, 0.4) is 0 Å². The molecule has 0 atom stereocenters. The van der Waals surface area contributed by atoms with E-state index in [-0.39, 0.29) is 0 Å². The van der Waals surface area contributed by atoms with Crippen LogP contribution in [0.25, 0.3) is 0 Å². The summed E-state index contributed by atoms with van der Waals surface area (Å²) in [6.07, 6.45) is 7.54. The summed E-state index contributed by atoms with van der Waals surface area (Å²) >= 11 is 0. The highest BCUT2D eigenvalue weighted by Crippen LogP contribution is 2.28. The van der Waals surface area contributed by atoms with Crippen molar-refractivity contribution in [1.82, 2.24) is 5.32 Å². The fourth-order valence-electron chi connectivity index (χ4n) is 2.64. The largest absolute Gasteiger partial charge is 0.496 e. The second kappa shape index (κ2) is 6.06. The molecule has 94 valence electrons. The number of aryl methyl sites for hydroxylation is 2. The monoisotopic (exact) mass is 233 g/mol. The number of rotatable bonds is 4. The SMILES string of the molecule is CNCCc1cc2c(cc1OC)CCCCC2. The molecule has 2 heteroatoms. The second-order valence-electron chi connectivity index (χ2n) is 4.85. The first kappa shape index (κ1) is 12.4. The molecule has 0 heterocycles. The third kappa shape index (κ3) is 3.01. The van der Waals surface area contributed by atoms with Crippen LogP contribution < -0.4 is 10.1 Å². The summed E-state index contributed by atoms with van der Waals surface area (Å²) in [6.45, 7) is 1.01. The molecule has 0 radical (unpaired) electrons. The fourth-order valence-corrected chi connectivity index (χ4v) is 2.64. The van der Waals surface area contributed by atoms with Crippen LogP contribution in [0.2, 0.25) is 0 Å². The summed E-state index contributed by atoms with van der Waals surface area (Å²) in [5.41, 5.74) is 4.41. The molecule has 1 aromatic carbocycles. The Labute approximate surface area is 104 Å². The van der Waals surface area contributed by atoms with Gasteiger partial charge in [0.2, 0.25) is 0 Å². The fraction of sp³-hybridized carbons (Fsp3) is 0.600. The number of hydrogen-bond acceptors (Lipinski definition) is 2. The highest BCUT2D eigenvalue weighted by molar-refractivity contribution is 5.43. The second-order valence-corrected chi connectivity index (χ2v) is 4.85. The zero-order valence-electron chi connectivity index (χ0n) is 11.0. The summed E-state index contributed by atoms with van der Waals surface area (Å²) in [5, 5.41) is 3.20. The van der Waals surface area contributed by atoms with Crippen molar-refractivity contribution in [1.29, 1.82) is 0 Å². The van der Waals surface area contributed by atoms with Crippen molar-refractivity contribution in [2.75, 3.05) is 20.7 Å². The average molecular weight is 233 g/mol. The van der Waals surface area contributed by atoms with Crippen molar-refractivity contribution < 1.29 is 4.74 Å². The van der Waals surface area contributed by atoms with E-state index in [0.29, 0.717) is 0 Å². The summed E-state index contributed by atoms with van der Waals surface area (Å²) in [5.74, 6) is 1.07. The maximum absolute atomic E-state index is 5.52. The number of fused-ring (bicyclic) bond motifs is 1. The van der Waals surface area contributed by atoms with E-state index in [1.165, 1.54) is 43.2 Å². The van der Waals surface area contributed by atoms with Gasteiger partial charge >= 0.3 is 0 Å². The molecule has 1 N–H and O–H groups in total. The maximum atomic E-state index is 5.52. The number of likely N-dealkylation sites (N-methyl/N-ethyl adjacent to an activating group) is 1. The zero-order chi connectivity index (χ0) is 12.1. The lowest BCUT2D eigenvalue weighted by molar-refractivity contribution is 0.408. The Kier molecular flexibility index (Phi) is 4.43. The molecular weight excluding hydrogens is 210 g/mol. The molecular formula is C15H23NO. The average Bonchev–Trinajstić information content (AvgIpc) is 2.59. The number of ether oxygens (including phenoxy) is 1. The van der Waals surface area contributed by atoms with Crippen LogP contribution >= 0.6 is 0 Å². The lowest BCUT2D eigenvalue weighted by atomic mass is 9.97. The molecule has 0 fully saturated rings. The lowest BCUT2D eigenvalue weighted by Crippen LogP contribution is -2.11. The molecule has 0 aliphatic heterocycles. The molecule has 0 saturated carbocycles. The molecule has 0 bridgehead atoms. The van der Waals surface area contributed by atoms with Gasteiger partial charge in [0.05, 0.1) is 7.11 Å². The van der Waals surface area contributed by atoms with E-state index in [9.17, 15) is 0 Å². The first-order chi connectivity index (χ1) is 8.35. The summed E-state index contributed by atoms with van der Waals surface area (Å²) in [7, 11) is 3.78. The molecule has 0 aromatic heterocycles. The Morgan fingerprint density at radius 1 is 1.12 bits per heavy atom. The van der Waals surface area contributed by atoms with Crippen molar-refractivity contribution in [3.63, 3.8) is 0 Å². The number of methoxy groups -OCH3 is 1. The number of benzene rings is 1. The Bertz CT molecular complexity index is 373. The van der Waals surface area contributed by atoms with Gasteiger partial charge in [-0.05, 0) is 68.5 Å². The van der Waals surface area contributed by atoms with Gasteiger partial charge in [0.1, 0.15) is 5.75 Å². The Hall–Kier alpha value is -1.02. The van der Waals surface area contributed by atoms with Gasteiger partial charge in [-0.1, -0.05) is 12.5 Å². The van der Waals surface area contributed by atoms with Gasteiger partial charge in [-0.3, -0.25) is 0 Å². The molecule has 2 rings (SSSR count). The minimum Gasteiger partial charge on any atom is -0.496 e. The first-order valence-electron chi connectivity index (χ1n) is 6.68. The highest BCUT2D eigenvalue weighted by atomic mass is 16.5. The highest BCUT2D eigenvalue weighted by Gasteiger charge is 2.12. The molecule has 0 spiro atoms. The van der Waals surface area contributed by atoms with E-state index in [2.05, 4.69) is 17.4 Å². The van der Waals surface area contributed by atoms with Gasteiger partial charge in [0.15, 0.2) is 0 Å². The first-order valence-corrected chi connectivity index (χ1v) is 6.68. The topological polar surface area (TPSA) is 21.3 Å². The lowest BCUT2D eigenvalue weighted by Gasteiger charge is -2.14. The smallest absolute Gasteiger partial charge is 0.122 e. The Morgan fingerprint density at radius 3 is 2.47 bits per heavy atom. The van der Waals surface area contributed by atoms with Crippen LogP contribution in [0.5, 0.6) is 5.75 Å². The van der Waals surface area contributed by atoms with E-state index in [4.69, 9.17) is 4.74 Å². The summed E-state index contributed by atoms with van der Waals surface area (Å²) in [6, 6.07) is 4.64. The molecule has 1 aliphatic rings. The molecule has 17 heavy (non-hydrogen) atoms. The zero-order valence-corrected chi connectivity index (χ0v) is 11.0. The van der Waals surface area contributed by atoms with Crippen molar-refractivity contribution in [2.24, 2.45) is 0 Å². The molecule has 0 amide bonds.